The SMILES string of the molecule is CC(=O)c1ccc(N(C=O)C(c2ccccc2)C(C=O)C(=O)c2ccc(Cl)cc2)cc1. The maximum Gasteiger partial charge on any atom is 0.214 e. The average molecular weight is 434 g/mol. The van der Waals surface area contributed by atoms with Crippen LogP contribution < -0.4 is 4.90 Å². The number of hydrogen-bond donors (Lipinski definition) is 0. The second-order valence-corrected chi connectivity index (χ2v) is 7.44. The second-order valence-electron chi connectivity index (χ2n) is 7.00. The lowest BCUT2D eigenvalue weighted by atomic mass is 9.86. The maximum absolute atomic E-state index is 13.2. The van der Waals surface area contributed by atoms with Crippen molar-refractivity contribution < 1.29 is 19.2 Å². The second kappa shape index (κ2) is 9.96. The van der Waals surface area contributed by atoms with E-state index in [2.05, 4.69) is 0 Å². The zero-order valence-electron chi connectivity index (χ0n) is 16.8. The minimum Gasteiger partial charge on any atom is -0.306 e. The molecule has 0 bridgehead atoms. The number of carbonyl (C=O) groups excluding carboxylic acids is 4. The Morgan fingerprint density at radius 2 is 1.42 bits per heavy atom. The Labute approximate surface area is 185 Å². The first kappa shape index (κ1) is 22.1. The van der Waals surface area contributed by atoms with E-state index in [9.17, 15) is 19.2 Å². The van der Waals surface area contributed by atoms with Gasteiger partial charge < -0.3 is 9.69 Å². The molecule has 5 nitrogen and oxygen atoms in total. The highest BCUT2D eigenvalue weighted by atomic mass is 35.5. The lowest BCUT2D eigenvalue weighted by molar-refractivity contribution is -0.111. The minimum absolute atomic E-state index is 0.104. The summed E-state index contributed by atoms with van der Waals surface area (Å²) in [5.41, 5.74) is 1.91. The third-order valence-electron chi connectivity index (χ3n) is 5.04. The number of ketones is 2. The Morgan fingerprint density at radius 1 is 0.839 bits per heavy atom. The molecule has 0 aliphatic heterocycles. The fourth-order valence-electron chi connectivity index (χ4n) is 3.43. The molecule has 0 aliphatic carbocycles. The molecule has 156 valence electrons. The summed E-state index contributed by atoms with van der Waals surface area (Å²) in [4.78, 5) is 50.5. The summed E-state index contributed by atoms with van der Waals surface area (Å²) in [6.07, 6.45) is 1.15. The highest BCUT2D eigenvalue weighted by Crippen LogP contribution is 2.33. The van der Waals surface area contributed by atoms with Crippen molar-refractivity contribution in [3.63, 3.8) is 0 Å². The fraction of sp³-hybridized carbons (Fsp3) is 0.120. The van der Waals surface area contributed by atoms with Crippen LogP contribution in [0.3, 0.4) is 0 Å². The Morgan fingerprint density at radius 3 is 1.94 bits per heavy atom. The molecular formula is C25H20ClNO4. The van der Waals surface area contributed by atoms with Gasteiger partial charge in [-0.05, 0) is 61.0 Å². The van der Waals surface area contributed by atoms with E-state index in [0.717, 1.165) is 0 Å². The minimum atomic E-state index is -1.15. The molecular weight excluding hydrogens is 414 g/mol. The predicted molar refractivity (Wildman–Crippen MR) is 120 cm³/mol. The number of anilines is 1. The molecule has 31 heavy (non-hydrogen) atoms. The lowest BCUT2D eigenvalue weighted by Gasteiger charge is -2.32. The number of nitrogens with zero attached hydrogens (tertiary/aromatic N) is 1. The van der Waals surface area contributed by atoms with Crippen LogP contribution in [-0.2, 0) is 9.59 Å². The molecule has 2 atom stereocenters. The summed E-state index contributed by atoms with van der Waals surface area (Å²) < 4.78 is 0. The topological polar surface area (TPSA) is 71.5 Å². The highest BCUT2D eigenvalue weighted by Gasteiger charge is 2.35. The van der Waals surface area contributed by atoms with E-state index < -0.39 is 17.7 Å². The molecule has 0 fully saturated rings. The van der Waals surface area contributed by atoms with Crippen LogP contribution in [0.4, 0.5) is 5.69 Å². The molecule has 3 rings (SSSR count). The van der Waals surface area contributed by atoms with Crippen LogP contribution in [0.2, 0.25) is 5.02 Å². The van der Waals surface area contributed by atoms with Crippen molar-refractivity contribution in [2.45, 2.75) is 13.0 Å². The molecule has 0 aliphatic rings. The quantitative estimate of drug-likeness (QED) is 0.272. The van der Waals surface area contributed by atoms with Crippen LogP contribution in [0, 0.1) is 5.92 Å². The summed E-state index contributed by atoms with van der Waals surface area (Å²) in [6, 6.07) is 20.7. The van der Waals surface area contributed by atoms with Crippen molar-refractivity contribution in [2.24, 2.45) is 5.92 Å². The van der Waals surface area contributed by atoms with Gasteiger partial charge in [-0.15, -0.1) is 0 Å². The Bertz CT molecular complexity index is 1080. The maximum atomic E-state index is 13.2. The molecule has 1 amide bonds. The molecule has 0 saturated carbocycles. The zero-order valence-corrected chi connectivity index (χ0v) is 17.5. The molecule has 0 heterocycles. The van der Waals surface area contributed by atoms with Crippen molar-refractivity contribution in [1.29, 1.82) is 0 Å². The molecule has 6 heteroatoms. The highest BCUT2D eigenvalue weighted by molar-refractivity contribution is 6.30. The Hall–Kier alpha value is -3.57. The monoisotopic (exact) mass is 433 g/mol. The molecule has 0 aromatic heterocycles. The number of rotatable bonds is 9. The largest absolute Gasteiger partial charge is 0.306 e. The third kappa shape index (κ3) is 4.95. The number of aldehydes is 1. The van der Waals surface area contributed by atoms with E-state index in [4.69, 9.17) is 11.6 Å². The van der Waals surface area contributed by atoms with E-state index in [1.165, 1.54) is 11.8 Å². The van der Waals surface area contributed by atoms with E-state index in [1.807, 2.05) is 6.07 Å². The first-order chi connectivity index (χ1) is 15.0. The molecule has 2 unspecified atom stereocenters. The number of hydrogen-bond acceptors (Lipinski definition) is 4. The van der Waals surface area contributed by atoms with Crippen molar-refractivity contribution in [1.82, 2.24) is 0 Å². The third-order valence-corrected chi connectivity index (χ3v) is 5.30. The summed E-state index contributed by atoms with van der Waals surface area (Å²) in [6.45, 7) is 1.45. The molecule has 0 saturated heterocycles. The Balaban J connectivity index is 2.08. The molecule has 0 N–H and O–H groups in total. The van der Waals surface area contributed by atoms with Crippen molar-refractivity contribution in [2.75, 3.05) is 4.90 Å². The van der Waals surface area contributed by atoms with Crippen LogP contribution in [0.25, 0.3) is 0 Å². The number of carbonyl (C=O) groups is 4. The standard InChI is InChI=1S/C25H20ClNO4/c1-17(30)18-9-13-22(14-10-18)27(16-29)24(19-5-3-2-4-6-19)23(15-28)25(31)20-7-11-21(26)12-8-20/h2-16,23-24H,1H3. The van der Waals surface area contributed by atoms with Crippen LogP contribution in [0.5, 0.6) is 0 Å². The summed E-state index contributed by atoms with van der Waals surface area (Å²) in [7, 11) is 0. The van der Waals surface area contributed by atoms with Crippen LogP contribution in [-0.4, -0.2) is 24.3 Å². The van der Waals surface area contributed by atoms with E-state index in [-0.39, 0.29) is 5.78 Å². The van der Waals surface area contributed by atoms with E-state index >= 15 is 0 Å². The first-order valence-corrected chi connectivity index (χ1v) is 9.98. The summed E-state index contributed by atoms with van der Waals surface area (Å²) in [5, 5.41) is 0.471. The van der Waals surface area contributed by atoms with Gasteiger partial charge in [0.05, 0.1) is 6.04 Å². The number of amides is 1. The van der Waals surface area contributed by atoms with Gasteiger partial charge in [0.15, 0.2) is 11.6 Å². The fourth-order valence-corrected chi connectivity index (χ4v) is 3.56. The molecule has 0 radical (unpaired) electrons. The number of benzene rings is 3. The molecule has 3 aromatic rings. The van der Waals surface area contributed by atoms with Crippen LogP contribution in [0.1, 0.15) is 39.2 Å². The van der Waals surface area contributed by atoms with Crippen molar-refractivity contribution >= 4 is 41.6 Å². The number of halogens is 1. The van der Waals surface area contributed by atoms with Crippen LogP contribution >= 0.6 is 11.6 Å². The van der Waals surface area contributed by atoms with Gasteiger partial charge in [0.1, 0.15) is 12.2 Å². The van der Waals surface area contributed by atoms with Gasteiger partial charge in [-0.3, -0.25) is 14.4 Å². The smallest absolute Gasteiger partial charge is 0.214 e. The van der Waals surface area contributed by atoms with Gasteiger partial charge in [0.25, 0.3) is 0 Å². The van der Waals surface area contributed by atoms with E-state index in [0.29, 0.717) is 40.1 Å². The Kier molecular flexibility index (Phi) is 7.11. The van der Waals surface area contributed by atoms with Gasteiger partial charge in [-0.25, -0.2) is 0 Å². The van der Waals surface area contributed by atoms with Gasteiger partial charge in [-0.2, -0.15) is 0 Å². The van der Waals surface area contributed by atoms with E-state index in [1.54, 1.807) is 72.8 Å². The van der Waals surface area contributed by atoms with Crippen molar-refractivity contribution in [3.05, 3.63) is 101 Å². The normalized spacial score (nSPS) is 12.5. The van der Waals surface area contributed by atoms with Gasteiger partial charge in [-0.1, -0.05) is 41.9 Å². The average Bonchev–Trinajstić information content (AvgIpc) is 2.80. The predicted octanol–water partition coefficient (Wildman–Crippen LogP) is 4.94. The van der Waals surface area contributed by atoms with Crippen LogP contribution in [0.15, 0.2) is 78.9 Å². The molecule has 0 spiro atoms. The van der Waals surface area contributed by atoms with Gasteiger partial charge in [0.2, 0.25) is 6.41 Å². The van der Waals surface area contributed by atoms with Gasteiger partial charge in [0, 0.05) is 21.8 Å². The first-order valence-electron chi connectivity index (χ1n) is 9.61. The lowest BCUT2D eigenvalue weighted by Crippen LogP contribution is -2.37. The van der Waals surface area contributed by atoms with Crippen molar-refractivity contribution in [3.8, 4) is 0 Å². The summed E-state index contributed by atoms with van der Waals surface area (Å²) in [5.74, 6) is -1.68. The zero-order chi connectivity index (χ0) is 22.4. The number of Topliss-reactive ketones (excluding diaryl/α,β-unsaturated/α-hetero) is 2. The van der Waals surface area contributed by atoms with Gasteiger partial charge >= 0.3 is 0 Å². The summed E-state index contributed by atoms with van der Waals surface area (Å²) >= 11 is 5.92. The molecule has 3 aromatic carbocycles.